The lowest BCUT2D eigenvalue weighted by molar-refractivity contribution is 0.332. The second-order valence-electron chi connectivity index (χ2n) is 20.5. The van der Waals surface area contributed by atoms with Crippen molar-refractivity contribution in [1.82, 2.24) is 0 Å². The van der Waals surface area contributed by atoms with Crippen LogP contribution in [0.5, 0.6) is 0 Å². The number of rotatable bonds is 2. The molecule has 0 saturated heterocycles. The number of nitrogens with zero attached hydrogens (tertiary/aromatic N) is 2. The van der Waals surface area contributed by atoms with Crippen LogP contribution in [0, 0.1) is 6.92 Å². The van der Waals surface area contributed by atoms with Gasteiger partial charge in [0.2, 0.25) is 0 Å². The van der Waals surface area contributed by atoms with Crippen molar-refractivity contribution in [3.8, 4) is 22.3 Å². The van der Waals surface area contributed by atoms with Crippen molar-refractivity contribution in [2.75, 3.05) is 9.71 Å². The number of anilines is 5. The Morgan fingerprint density at radius 2 is 1.28 bits per heavy atom. The molecule has 1 aromatic heterocycles. The molecule has 0 spiro atoms. The van der Waals surface area contributed by atoms with E-state index in [4.69, 9.17) is 0 Å². The summed E-state index contributed by atoms with van der Waals surface area (Å²) in [6.45, 7) is 24.0. The van der Waals surface area contributed by atoms with E-state index in [-0.39, 0.29) is 28.5 Å². The third kappa shape index (κ3) is 4.85. The first-order valence-electron chi connectivity index (χ1n) is 21.3. The molecular weight excluding hydrogens is 719 g/mol. The molecule has 0 amide bonds. The maximum Gasteiger partial charge on any atom is 0.343 e. The zero-order chi connectivity index (χ0) is 40.3. The van der Waals surface area contributed by atoms with Gasteiger partial charge in [0.05, 0.1) is 11.4 Å². The van der Waals surface area contributed by atoms with Crippen LogP contribution in [-0.4, -0.2) is 6.85 Å². The molecule has 2 nitrogen and oxygen atoms in total. The Morgan fingerprint density at radius 3 is 2.02 bits per heavy atom. The highest BCUT2D eigenvalue weighted by Gasteiger charge is 2.51. The number of fused-ring (bicyclic) bond motifs is 9. The maximum absolute atomic E-state index is 2.76. The molecule has 4 heterocycles. The molecule has 6 aromatic carbocycles. The topological polar surface area (TPSA) is 6.48 Å². The first kappa shape index (κ1) is 36.1. The highest BCUT2D eigenvalue weighted by Crippen LogP contribution is 2.58. The molecule has 58 heavy (non-hydrogen) atoms. The molecule has 0 radical (unpaired) electrons. The summed E-state index contributed by atoms with van der Waals surface area (Å²) in [4.78, 5) is 5.46. The third-order valence-electron chi connectivity index (χ3n) is 14.5. The SMILES string of the molecule is Cc1cc2c3c(c1)N(c1ccc(C(C)(C)C)cc1-c1ccccc1)c1c(sc4cc5c(cc14)C(C)(C)CCC5(C)C)B3N1c3ccccc3C(C)(C)c3cccc-2c31. The van der Waals surface area contributed by atoms with Gasteiger partial charge in [0.15, 0.2) is 0 Å². The zero-order valence-electron chi connectivity index (χ0n) is 35.8. The summed E-state index contributed by atoms with van der Waals surface area (Å²) in [5.41, 5.74) is 21.8. The second kappa shape index (κ2) is 11.8. The highest BCUT2D eigenvalue weighted by molar-refractivity contribution is 7.32. The van der Waals surface area contributed by atoms with Crippen molar-refractivity contribution in [2.45, 2.75) is 104 Å². The van der Waals surface area contributed by atoms with Gasteiger partial charge in [0, 0.05) is 48.5 Å². The van der Waals surface area contributed by atoms with Gasteiger partial charge in [-0.05, 0) is 122 Å². The molecule has 288 valence electrons. The molecule has 0 N–H and O–H groups in total. The lowest BCUT2D eigenvalue weighted by atomic mass is 9.45. The van der Waals surface area contributed by atoms with E-state index in [9.17, 15) is 0 Å². The minimum absolute atomic E-state index is 0.00604. The fourth-order valence-corrected chi connectivity index (χ4v) is 12.4. The number of benzene rings is 6. The van der Waals surface area contributed by atoms with Gasteiger partial charge >= 0.3 is 6.85 Å². The van der Waals surface area contributed by atoms with Crippen LogP contribution in [-0.2, 0) is 21.7 Å². The first-order valence-corrected chi connectivity index (χ1v) is 22.2. The smallest absolute Gasteiger partial charge is 0.343 e. The molecule has 11 rings (SSSR count). The molecule has 4 aliphatic rings. The number of hydrogen-bond acceptors (Lipinski definition) is 3. The van der Waals surface area contributed by atoms with E-state index in [0.717, 1.165) is 0 Å². The van der Waals surface area contributed by atoms with Crippen LogP contribution >= 0.6 is 11.3 Å². The zero-order valence-corrected chi connectivity index (χ0v) is 36.6. The van der Waals surface area contributed by atoms with Gasteiger partial charge in [-0.1, -0.05) is 141 Å². The standard InChI is InChI=1S/C54H53BN2S/c1-32-27-37-35-19-16-21-40-48(35)57(44-22-15-14-20-39(44)54(40,9)10)55-47(37)45(28-32)56(43-24-23-34(51(2,3)4)29-36(43)33-17-12-11-13-18-33)49-38-30-41-42(31-46(38)58-50(49)55)53(7,8)26-25-52(41,5)6/h11-24,27-31H,25-26H2,1-10H3. The number of hydrogen-bond donors (Lipinski definition) is 0. The van der Waals surface area contributed by atoms with Crippen LogP contribution in [0.1, 0.15) is 109 Å². The number of para-hydroxylation sites is 2. The fraction of sp³-hybridized carbons (Fsp3) is 0.296. The normalized spacial score (nSPS) is 17.7. The quantitative estimate of drug-likeness (QED) is 0.162. The van der Waals surface area contributed by atoms with Gasteiger partial charge in [-0.15, -0.1) is 11.3 Å². The summed E-state index contributed by atoms with van der Waals surface area (Å²) >= 11 is 2.04. The fourth-order valence-electron chi connectivity index (χ4n) is 11.1. The summed E-state index contributed by atoms with van der Waals surface area (Å²) in [6, 6.07) is 44.9. The van der Waals surface area contributed by atoms with E-state index >= 15 is 0 Å². The molecule has 0 saturated carbocycles. The second-order valence-corrected chi connectivity index (χ2v) is 21.6. The Balaban J connectivity index is 1.31. The molecule has 0 atom stereocenters. The van der Waals surface area contributed by atoms with E-state index in [1.165, 1.54) is 117 Å². The van der Waals surface area contributed by atoms with Crippen molar-refractivity contribution in [3.05, 3.63) is 149 Å². The van der Waals surface area contributed by atoms with Crippen molar-refractivity contribution >= 4 is 66.9 Å². The Kier molecular flexibility index (Phi) is 7.33. The predicted octanol–water partition coefficient (Wildman–Crippen LogP) is 13.9. The Labute approximate surface area is 349 Å². The molecule has 1 aliphatic carbocycles. The molecule has 7 aromatic rings. The van der Waals surface area contributed by atoms with Crippen molar-refractivity contribution in [3.63, 3.8) is 0 Å². The molecule has 0 unspecified atom stereocenters. The van der Waals surface area contributed by atoms with E-state index in [2.05, 4.69) is 194 Å². The molecule has 0 fully saturated rings. The van der Waals surface area contributed by atoms with Crippen molar-refractivity contribution in [2.24, 2.45) is 0 Å². The van der Waals surface area contributed by atoms with Gasteiger partial charge in [0.25, 0.3) is 0 Å². The molecular formula is C54H53BN2S. The average molecular weight is 773 g/mol. The summed E-state index contributed by atoms with van der Waals surface area (Å²) in [5.74, 6) is 0. The molecule has 3 aliphatic heterocycles. The number of thiophene rings is 1. The van der Waals surface area contributed by atoms with Gasteiger partial charge in [-0.25, -0.2) is 0 Å². The van der Waals surface area contributed by atoms with Crippen molar-refractivity contribution in [1.29, 1.82) is 0 Å². The minimum atomic E-state index is -0.137. The van der Waals surface area contributed by atoms with Crippen molar-refractivity contribution < 1.29 is 0 Å². The van der Waals surface area contributed by atoms with Crippen LogP contribution < -0.4 is 20.0 Å². The maximum atomic E-state index is 2.76. The summed E-state index contributed by atoms with van der Waals surface area (Å²) in [7, 11) is 0. The largest absolute Gasteiger partial charge is 0.375 e. The summed E-state index contributed by atoms with van der Waals surface area (Å²) in [6.07, 6.45) is 2.39. The highest BCUT2D eigenvalue weighted by atomic mass is 32.1. The Morgan fingerprint density at radius 1 is 0.586 bits per heavy atom. The van der Waals surface area contributed by atoms with Gasteiger partial charge in [-0.3, -0.25) is 0 Å². The van der Waals surface area contributed by atoms with Crippen LogP contribution in [0.4, 0.5) is 28.4 Å². The lowest BCUT2D eigenvalue weighted by Gasteiger charge is -2.50. The van der Waals surface area contributed by atoms with Gasteiger partial charge in [-0.2, -0.15) is 0 Å². The Hall–Kier alpha value is -5.06. The van der Waals surface area contributed by atoms with E-state index in [0.29, 0.717) is 0 Å². The average Bonchev–Trinajstić information content (AvgIpc) is 3.57. The number of aryl methyl sites for hydroxylation is 1. The van der Waals surface area contributed by atoms with Crippen LogP contribution in [0.3, 0.4) is 0 Å². The lowest BCUT2D eigenvalue weighted by Crippen LogP contribution is -2.62. The predicted molar refractivity (Wildman–Crippen MR) is 252 cm³/mol. The summed E-state index contributed by atoms with van der Waals surface area (Å²) < 4.78 is 2.82. The summed E-state index contributed by atoms with van der Waals surface area (Å²) in [5, 5.41) is 1.38. The Bertz CT molecular complexity index is 2890. The van der Waals surface area contributed by atoms with E-state index in [1.54, 1.807) is 0 Å². The van der Waals surface area contributed by atoms with E-state index in [1.807, 2.05) is 11.3 Å². The van der Waals surface area contributed by atoms with E-state index < -0.39 is 0 Å². The van der Waals surface area contributed by atoms with Crippen LogP contribution in [0.15, 0.2) is 115 Å². The molecule has 0 bridgehead atoms. The van der Waals surface area contributed by atoms with Crippen LogP contribution in [0.25, 0.3) is 32.3 Å². The minimum Gasteiger partial charge on any atom is -0.375 e. The monoisotopic (exact) mass is 772 g/mol. The third-order valence-corrected chi connectivity index (χ3v) is 15.7. The van der Waals surface area contributed by atoms with Crippen LogP contribution in [0.2, 0.25) is 0 Å². The van der Waals surface area contributed by atoms with Gasteiger partial charge < -0.3 is 9.71 Å². The van der Waals surface area contributed by atoms with Gasteiger partial charge in [0.1, 0.15) is 0 Å². The first-order chi connectivity index (χ1) is 27.6. The molecule has 4 heteroatoms.